The van der Waals surface area contributed by atoms with Gasteiger partial charge in [-0.3, -0.25) is 4.79 Å². The third kappa shape index (κ3) is 2.50. The molecule has 0 aliphatic carbocycles. The van der Waals surface area contributed by atoms with E-state index in [1.807, 2.05) is 19.9 Å². The minimum atomic E-state index is -0.854. The molecular weight excluding hydrogens is 260 g/mol. The lowest BCUT2D eigenvalue weighted by Gasteiger charge is -2.13. The molecule has 0 amide bonds. The minimum Gasteiger partial charge on any atom is -0.496 e. The van der Waals surface area contributed by atoms with Gasteiger partial charge in [-0.15, -0.1) is 0 Å². The van der Waals surface area contributed by atoms with Crippen LogP contribution in [0, 0.1) is 13.8 Å². The molecule has 0 spiro atoms. The Bertz CT molecular complexity index is 399. The first-order valence-corrected chi connectivity index (χ1v) is 5.31. The summed E-state index contributed by atoms with van der Waals surface area (Å²) in [4.78, 5) is 10.7. The average molecular weight is 273 g/mol. The largest absolute Gasteiger partial charge is 0.496 e. The average Bonchev–Trinajstić information content (AvgIpc) is 2.18. The Labute approximate surface area is 97.2 Å². The van der Waals surface area contributed by atoms with Crippen molar-refractivity contribution >= 4 is 21.9 Å². The van der Waals surface area contributed by atoms with E-state index in [1.165, 1.54) is 0 Å². The van der Waals surface area contributed by atoms with Crippen molar-refractivity contribution in [2.75, 3.05) is 7.11 Å². The molecule has 0 saturated heterocycles. The van der Waals surface area contributed by atoms with Gasteiger partial charge in [0.05, 0.1) is 13.5 Å². The molecule has 0 heterocycles. The van der Waals surface area contributed by atoms with E-state index >= 15 is 0 Å². The third-order valence-corrected chi connectivity index (χ3v) is 3.54. The van der Waals surface area contributed by atoms with Gasteiger partial charge in [-0.2, -0.15) is 0 Å². The molecule has 0 atom stereocenters. The molecule has 0 bridgehead atoms. The predicted octanol–water partition coefficient (Wildman–Crippen LogP) is 2.70. The van der Waals surface area contributed by atoms with Crippen LogP contribution in [0.2, 0.25) is 0 Å². The first kappa shape index (κ1) is 12.0. The number of methoxy groups -OCH3 is 1. The molecule has 0 saturated carbocycles. The zero-order valence-electron chi connectivity index (χ0n) is 8.93. The number of carbonyl (C=O) groups is 1. The highest BCUT2D eigenvalue weighted by molar-refractivity contribution is 9.10. The van der Waals surface area contributed by atoms with Crippen LogP contribution in [-0.2, 0) is 11.2 Å². The Kier molecular flexibility index (Phi) is 3.74. The van der Waals surface area contributed by atoms with Gasteiger partial charge in [-0.1, -0.05) is 15.9 Å². The Hall–Kier alpha value is -1.03. The molecule has 1 N–H and O–H groups in total. The molecule has 0 aliphatic heterocycles. The van der Waals surface area contributed by atoms with Crippen molar-refractivity contribution in [1.29, 1.82) is 0 Å². The smallest absolute Gasteiger partial charge is 0.307 e. The van der Waals surface area contributed by atoms with E-state index in [9.17, 15) is 4.79 Å². The van der Waals surface area contributed by atoms with Crippen LogP contribution < -0.4 is 4.74 Å². The van der Waals surface area contributed by atoms with Gasteiger partial charge in [0.2, 0.25) is 0 Å². The van der Waals surface area contributed by atoms with E-state index in [1.54, 1.807) is 7.11 Å². The van der Waals surface area contributed by atoms with Crippen LogP contribution in [0.1, 0.15) is 16.7 Å². The van der Waals surface area contributed by atoms with E-state index in [-0.39, 0.29) is 6.42 Å². The fraction of sp³-hybridized carbons (Fsp3) is 0.364. The second-order valence-electron chi connectivity index (χ2n) is 3.38. The summed E-state index contributed by atoms with van der Waals surface area (Å²) >= 11 is 3.43. The molecule has 1 aromatic rings. The van der Waals surface area contributed by atoms with Gasteiger partial charge >= 0.3 is 5.97 Å². The fourth-order valence-corrected chi connectivity index (χ4v) is 1.87. The van der Waals surface area contributed by atoms with Crippen molar-refractivity contribution in [1.82, 2.24) is 0 Å². The minimum absolute atomic E-state index is 0.0200. The number of aryl methyl sites for hydroxylation is 1. The van der Waals surface area contributed by atoms with Crippen LogP contribution in [-0.4, -0.2) is 18.2 Å². The van der Waals surface area contributed by atoms with Gasteiger partial charge < -0.3 is 9.84 Å². The number of rotatable bonds is 3. The van der Waals surface area contributed by atoms with Crippen molar-refractivity contribution in [3.05, 3.63) is 27.2 Å². The van der Waals surface area contributed by atoms with E-state index in [0.29, 0.717) is 5.75 Å². The number of hydrogen-bond donors (Lipinski definition) is 1. The van der Waals surface area contributed by atoms with Gasteiger partial charge in [-0.05, 0) is 31.0 Å². The summed E-state index contributed by atoms with van der Waals surface area (Å²) < 4.78 is 6.12. The molecule has 1 rings (SSSR count). The molecule has 0 radical (unpaired) electrons. The maximum absolute atomic E-state index is 10.7. The van der Waals surface area contributed by atoms with Gasteiger partial charge in [0.15, 0.2) is 0 Å². The third-order valence-electron chi connectivity index (χ3n) is 2.32. The first-order chi connectivity index (χ1) is 6.97. The van der Waals surface area contributed by atoms with Crippen LogP contribution in [0.15, 0.2) is 10.5 Å². The van der Waals surface area contributed by atoms with Crippen molar-refractivity contribution in [3.8, 4) is 5.75 Å². The summed E-state index contributed by atoms with van der Waals surface area (Å²) in [6.07, 6.45) is -0.0200. The summed E-state index contributed by atoms with van der Waals surface area (Å²) in [5.74, 6) is -0.220. The van der Waals surface area contributed by atoms with Gasteiger partial charge in [-0.25, -0.2) is 0 Å². The number of carboxylic acids is 1. The molecule has 15 heavy (non-hydrogen) atoms. The number of benzene rings is 1. The summed E-state index contributed by atoms with van der Waals surface area (Å²) in [5, 5.41) is 8.80. The van der Waals surface area contributed by atoms with Crippen LogP contribution in [0.3, 0.4) is 0 Å². The molecule has 0 aromatic heterocycles. The lowest BCUT2D eigenvalue weighted by molar-refractivity contribution is -0.136. The number of aliphatic carboxylic acids is 1. The molecule has 82 valence electrons. The summed E-state index contributed by atoms with van der Waals surface area (Å²) in [7, 11) is 1.55. The lowest BCUT2D eigenvalue weighted by atomic mass is 10.0. The molecule has 0 aliphatic rings. The Morgan fingerprint density at radius 2 is 2.13 bits per heavy atom. The normalized spacial score (nSPS) is 10.1. The first-order valence-electron chi connectivity index (χ1n) is 4.51. The van der Waals surface area contributed by atoms with E-state index in [2.05, 4.69) is 15.9 Å². The monoisotopic (exact) mass is 272 g/mol. The van der Waals surface area contributed by atoms with Crippen LogP contribution in [0.25, 0.3) is 0 Å². The maximum atomic E-state index is 10.7. The zero-order chi connectivity index (χ0) is 11.6. The highest BCUT2D eigenvalue weighted by atomic mass is 79.9. The second-order valence-corrected chi connectivity index (χ2v) is 4.18. The number of hydrogen-bond acceptors (Lipinski definition) is 2. The highest BCUT2D eigenvalue weighted by Crippen LogP contribution is 2.32. The van der Waals surface area contributed by atoms with Crippen molar-refractivity contribution in [2.45, 2.75) is 20.3 Å². The molecule has 0 fully saturated rings. The fourth-order valence-electron chi connectivity index (χ4n) is 1.51. The Balaban J connectivity index is 3.33. The topological polar surface area (TPSA) is 46.5 Å². The number of ether oxygens (including phenoxy) is 1. The standard InChI is InChI=1S/C11H13BrO3/c1-6-4-9(15-3)8(5-10(13)14)7(2)11(6)12/h4H,5H2,1-3H3,(H,13,14). The van der Waals surface area contributed by atoms with E-state index < -0.39 is 5.97 Å². The highest BCUT2D eigenvalue weighted by Gasteiger charge is 2.14. The van der Waals surface area contributed by atoms with Gasteiger partial charge in [0, 0.05) is 10.0 Å². The number of carboxylic acid groups (broad SMARTS) is 1. The molecule has 4 heteroatoms. The van der Waals surface area contributed by atoms with Crippen molar-refractivity contribution < 1.29 is 14.6 Å². The Morgan fingerprint density at radius 3 is 2.60 bits per heavy atom. The summed E-state index contributed by atoms with van der Waals surface area (Å²) in [6.45, 7) is 3.84. The molecule has 1 aromatic carbocycles. The summed E-state index contributed by atoms with van der Waals surface area (Å²) in [6, 6.07) is 1.84. The van der Waals surface area contributed by atoms with Gasteiger partial charge in [0.25, 0.3) is 0 Å². The van der Waals surface area contributed by atoms with E-state index in [0.717, 1.165) is 21.2 Å². The predicted molar refractivity (Wildman–Crippen MR) is 61.5 cm³/mol. The SMILES string of the molecule is COc1cc(C)c(Br)c(C)c1CC(=O)O. The van der Waals surface area contributed by atoms with Crippen LogP contribution in [0.5, 0.6) is 5.75 Å². The molecule has 3 nitrogen and oxygen atoms in total. The molecule has 0 unspecified atom stereocenters. The van der Waals surface area contributed by atoms with Crippen LogP contribution >= 0.6 is 15.9 Å². The van der Waals surface area contributed by atoms with Gasteiger partial charge in [0.1, 0.15) is 5.75 Å². The van der Waals surface area contributed by atoms with Crippen molar-refractivity contribution in [3.63, 3.8) is 0 Å². The maximum Gasteiger partial charge on any atom is 0.307 e. The molecular formula is C11H13BrO3. The van der Waals surface area contributed by atoms with Crippen LogP contribution in [0.4, 0.5) is 0 Å². The second kappa shape index (κ2) is 4.66. The quantitative estimate of drug-likeness (QED) is 0.921. The van der Waals surface area contributed by atoms with Crippen molar-refractivity contribution in [2.24, 2.45) is 0 Å². The summed E-state index contributed by atoms with van der Waals surface area (Å²) in [5.41, 5.74) is 2.69. The zero-order valence-corrected chi connectivity index (χ0v) is 10.5. The van der Waals surface area contributed by atoms with E-state index in [4.69, 9.17) is 9.84 Å². The Morgan fingerprint density at radius 1 is 1.53 bits per heavy atom. The lowest BCUT2D eigenvalue weighted by Crippen LogP contribution is -2.05. The number of halogens is 1.